The second-order valence-electron chi connectivity index (χ2n) is 26.0. The fourth-order valence-corrected chi connectivity index (χ4v) is 16.0. The van der Waals surface area contributed by atoms with Crippen molar-refractivity contribution in [2.24, 2.45) is 14.1 Å². The van der Waals surface area contributed by atoms with Gasteiger partial charge in [-0.1, -0.05) is 211 Å². The summed E-state index contributed by atoms with van der Waals surface area (Å²) < 4.78 is 4.63. The van der Waals surface area contributed by atoms with Gasteiger partial charge in [0.05, 0.1) is 0 Å². The molecule has 2 aromatic heterocycles. The Kier molecular flexibility index (Phi) is 13.3. The van der Waals surface area contributed by atoms with Gasteiger partial charge in [-0.05, 0) is 178 Å². The van der Waals surface area contributed by atoms with Crippen LogP contribution in [0.1, 0.15) is 146 Å². The van der Waals surface area contributed by atoms with Crippen LogP contribution in [-0.4, -0.2) is 0 Å². The second-order valence-corrected chi connectivity index (χ2v) is 26.0. The van der Waals surface area contributed by atoms with E-state index in [1.165, 1.54) is 163 Å². The van der Waals surface area contributed by atoms with E-state index >= 15 is 0 Å². The number of hydrogen-bond acceptors (Lipinski definition) is 0. The van der Waals surface area contributed by atoms with Gasteiger partial charge in [-0.15, -0.1) is 0 Å². The largest absolute Gasteiger partial charge is 0.212 e. The quantitative estimate of drug-likeness (QED) is 0.147. The van der Waals surface area contributed by atoms with Crippen molar-refractivity contribution in [3.05, 3.63) is 273 Å². The molecule has 2 nitrogen and oxygen atoms in total. The van der Waals surface area contributed by atoms with Crippen molar-refractivity contribution in [2.45, 2.75) is 128 Å². The van der Waals surface area contributed by atoms with Crippen molar-refractivity contribution >= 4 is 0 Å². The van der Waals surface area contributed by atoms with Crippen LogP contribution in [0.4, 0.5) is 0 Å². The van der Waals surface area contributed by atoms with E-state index < -0.39 is 0 Å². The van der Waals surface area contributed by atoms with Gasteiger partial charge in [0.1, 0.15) is 14.1 Å². The van der Waals surface area contributed by atoms with Gasteiger partial charge in [-0.2, -0.15) is 0 Å². The van der Waals surface area contributed by atoms with Crippen LogP contribution in [0.5, 0.6) is 0 Å². The molecule has 0 atom stereocenters. The normalized spacial score (nSPS) is 16.4. The highest BCUT2D eigenvalue weighted by Crippen LogP contribution is 2.61. The summed E-state index contributed by atoms with van der Waals surface area (Å²) in [5.41, 5.74) is 33.3. The molecule has 8 aromatic carbocycles. The van der Waals surface area contributed by atoms with Gasteiger partial charge in [-0.25, -0.2) is 9.13 Å². The zero-order chi connectivity index (χ0) is 56.7. The lowest BCUT2D eigenvalue weighted by Gasteiger charge is -2.47. The topological polar surface area (TPSA) is 7.76 Å². The Labute approximate surface area is 489 Å². The molecule has 4 aliphatic rings. The molecule has 82 heavy (non-hydrogen) atoms. The number of nitrogens with zero attached hydrogens (tertiary/aromatic N) is 2. The van der Waals surface area contributed by atoms with Crippen molar-refractivity contribution in [3.8, 4) is 67.0 Å². The standard InChI is InChI=1S/C42H42N.C38H38N/c1-29-25-32(31-13-5-4-6-14-31)17-19-34(29)40-26-30(2)35(28-43(40)3)33-18-20-38-39(27-33)42(23-11-12-24-42)37-16-8-7-15-36(37)41(38)21-9-10-22-41;1-25-21-28(27-13-9-8-10-14-27)17-19-30(25)36-22-26(2)31(24-39(36)7)29-18-20-34-35(23-29)38(5,6)33-16-12-11-15-32(33)37(34,3)4/h4-8,13-20,25-28H,9-12,21-24H2,1-3H3;8-24H,1-7H3/q2*+1. The zero-order valence-corrected chi connectivity index (χ0v) is 50.2. The molecule has 10 aromatic rings. The minimum absolute atomic E-state index is 0.0208. The molecule has 0 amide bonds. The van der Waals surface area contributed by atoms with Crippen molar-refractivity contribution in [1.29, 1.82) is 0 Å². The molecule has 2 fully saturated rings. The molecule has 0 radical (unpaired) electrons. The van der Waals surface area contributed by atoms with E-state index in [-0.39, 0.29) is 21.7 Å². The molecule has 2 heteroatoms. The lowest BCUT2D eigenvalue weighted by atomic mass is 9.56. The minimum atomic E-state index is -0.0505. The van der Waals surface area contributed by atoms with E-state index in [2.05, 4.69) is 285 Å². The Bertz CT molecular complexity index is 4100. The summed E-state index contributed by atoms with van der Waals surface area (Å²) >= 11 is 0. The Morgan fingerprint density at radius 3 is 1.05 bits per heavy atom. The van der Waals surface area contributed by atoms with E-state index in [9.17, 15) is 0 Å². The van der Waals surface area contributed by atoms with Gasteiger partial charge in [0.2, 0.25) is 11.4 Å². The SMILES string of the molecule is Cc1cc(-c2ccc(-c3ccccc3)cc2C)[n+](C)cc1-c1ccc2c(c1)C(C)(C)c1ccccc1C2(C)C.Cc1cc(-c2ccc(-c3ccccc3)cc2C)[n+](C)cc1-c1ccc2c(c1)C1(CCCC1)c1ccccc1C21CCCC1. The Morgan fingerprint density at radius 2 is 0.610 bits per heavy atom. The minimum Gasteiger partial charge on any atom is -0.200 e. The fourth-order valence-electron chi connectivity index (χ4n) is 16.0. The van der Waals surface area contributed by atoms with Crippen LogP contribution in [0.15, 0.2) is 207 Å². The van der Waals surface area contributed by atoms with Crippen molar-refractivity contribution in [1.82, 2.24) is 0 Å². The summed E-state index contributed by atoms with van der Waals surface area (Å²) in [6.45, 7) is 18.5. The summed E-state index contributed by atoms with van der Waals surface area (Å²) in [6, 6.07) is 73.1. The summed E-state index contributed by atoms with van der Waals surface area (Å²) in [5, 5.41) is 0. The fraction of sp³-hybridized carbons (Fsp3) is 0.275. The summed E-state index contributed by atoms with van der Waals surface area (Å²) in [4.78, 5) is 0. The average molecular weight is 1070 g/mol. The van der Waals surface area contributed by atoms with Crippen molar-refractivity contribution in [3.63, 3.8) is 0 Å². The maximum atomic E-state index is 2.62. The van der Waals surface area contributed by atoms with Crippen LogP contribution in [0.2, 0.25) is 0 Å². The Hall–Kier alpha value is -7.94. The van der Waals surface area contributed by atoms with Crippen LogP contribution in [-0.2, 0) is 35.8 Å². The third-order valence-electron chi connectivity index (χ3n) is 20.4. The number of rotatable bonds is 6. The number of hydrogen-bond donors (Lipinski definition) is 0. The van der Waals surface area contributed by atoms with Crippen molar-refractivity contribution in [2.75, 3.05) is 0 Å². The van der Waals surface area contributed by atoms with E-state index in [4.69, 9.17) is 0 Å². The molecule has 2 saturated carbocycles. The lowest BCUT2D eigenvalue weighted by molar-refractivity contribution is -0.660. The first-order chi connectivity index (χ1) is 39.6. The van der Waals surface area contributed by atoms with E-state index in [1.807, 2.05) is 0 Å². The Morgan fingerprint density at radius 1 is 0.280 bits per heavy atom. The number of aromatic nitrogens is 2. The molecule has 0 bridgehead atoms. The lowest BCUT2D eigenvalue weighted by Crippen LogP contribution is -2.40. The van der Waals surface area contributed by atoms with Crippen LogP contribution in [0.3, 0.4) is 0 Å². The predicted octanol–water partition coefficient (Wildman–Crippen LogP) is 19.3. The van der Waals surface area contributed by atoms with Gasteiger partial charge in [0.15, 0.2) is 12.4 Å². The highest BCUT2D eigenvalue weighted by Gasteiger charge is 2.52. The predicted molar refractivity (Wildman–Crippen MR) is 342 cm³/mol. The van der Waals surface area contributed by atoms with E-state index in [0.29, 0.717) is 0 Å². The van der Waals surface area contributed by atoms with Crippen LogP contribution in [0, 0.1) is 27.7 Å². The summed E-state index contributed by atoms with van der Waals surface area (Å²) in [6.07, 6.45) is 15.2. The third-order valence-corrected chi connectivity index (χ3v) is 20.4. The van der Waals surface area contributed by atoms with Crippen LogP contribution >= 0.6 is 0 Å². The molecule has 0 aliphatic heterocycles. The molecule has 4 aliphatic carbocycles. The number of benzene rings is 8. The maximum absolute atomic E-state index is 2.62. The molecule has 0 saturated heterocycles. The van der Waals surface area contributed by atoms with Crippen LogP contribution in [0.25, 0.3) is 67.0 Å². The number of pyridine rings is 2. The molecule has 2 spiro atoms. The molecule has 14 rings (SSSR count). The van der Waals surface area contributed by atoms with Crippen LogP contribution < -0.4 is 9.13 Å². The maximum Gasteiger partial charge on any atom is 0.212 e. The molecule has 0 N–H and O–H groups in total. The van der Waals surface area contributed by atoms with Gasteiger partial charge in [0.25, 0.3) is 0 Å². The molecule has 408 valence electrons. The molecular weight excluding hydrogens is 989 g/mol. The zero-order valence-electron chi connectivity index (χ0n) is 50.2. The average Bonchev–Trinajstić information content (AvgIpc) is 1.76. The molecule has 2 heterocycles. The molecular formula is C80H80N2+2. The van der Waals surface area contributed by atoms with Gasteiger partial charge >= 0.3 is 0 Å². The highest BCUT2D eigenvalue weighted by molar-refractivity contribution is 5.77. The Balaban J connectivity index is 0.000000155. The first kappa shape index (κ1) is 53.4. The third kappa shape index (κ3) is 8.74. The van der Waals surface area contributed by atoms with Gasteiger partial charge < -0.3 is 0 Å². The van der Waals surface area contributed by atoms with Gasteiger partial charge in [-0.3, -0.25) is 0 Å². The monoisotopic (exact) mass is 1070 g/mol. The highest BCUT2D eigenvalue weighted by atomic mass is 14.9. The summed E-state index contributed by atoms with van der Waals surface area (Å²) in [7, 11) is 4.38. The van der Waals surface area contributed by atoms with E-state index in [0.717, 1.165) is 0 Å². The van der Waals surface area contributed by atoms with Crippen molar-refractivity contribution < 1.29 is 9.13 Å². The number of fused-ring (bicyclic) bond motifs is 8. The van der Waals surface area contributed by atoms with E-state index in [1.54, 1.807) is 22.3 Å². The van der Waals surface area contributed by atoms with Gasteiger partial charge in [0, 0.05) is 56.0 Å². The first-order valence-corrected chi connectivity index (χ1v) is 30.4. The first-order valence-electron chi connectivity index (χ1n) is 30.4. The molecule has 0 unspecified atom stereocenters. The smallest absolute Gasteiger partial charge is 0.200 e. The number of aryl methyl sites for hydroxylation is 6. The second kappa shape index (κ2) is 20.5. The summed E-state index contributed by atoms with van der Waals surface area (Å²) in [5.74, 6) is 0.